The molecule has 0 heterocycles. The van der Waals surface area contributed by atoms with E-state index < -0.39 is 0 Å². The molecule has 2 N–H and O–H groups in total. The van der Waals surface area contributed by atoms with Crippen LogP contribution in [0.3, 0.4) is 0 Å². The van der Waals surface area contributed by atoms with E-state index in [1.165, 1.54) is 0 Å². The highest BCUT2D eigenvalue weighted by Crippen LogP contribution is 2.06. The number of rotatable bonds is 5. The van der Waals surface area contributed by atoms with Crippen molar-refractivity contribution in [2.24, 2.45) is 11.7 Å². The van der Waals surface area contributed by atoms with Gasteiger partial charge in [0.05, 0.1) is 12.5 Å². The highest BCUT2D eigenvalue weighted by Gasteiger charge is 2.21. The highest BCUT2D eigenvalue weighted by atomic mass is 16.2. The maximum Gasteiger partial charge on any atom is 0.227 e. The Labute approximate surface area is 86.6 Å². The fraction of sp³-hybridized carbons (Fsp3) is 0.727. The summed E-state index contributed by atoms with van der Waals surface area (Å²) in [5, 5.41) is 0. The molecule has 0 aliphatic heterocycles. The Morgan fingerprint density at radius 1 is 1.57 bits per heavy atom. The predicted octanol–water partition coefficient (Wildman–Crippen LogP) is 0.841. The van der Waals surface area contributed by atoms with E-state index in [-0.39, 0.29) is 17.9 Å². The SMILES string of the molecule is C#CCN(CCC)C(=O)C(C)C(C)N. The van der Waals surface area contributed by atoms with Gasteiger partial charge >= 0.3 is 0 Å². The Morgan fingerprint density at radius 3 is 2.50 bits per heavy atom. The quantitative estimate of drug-likeness (QED) is 0.662. The molecule has 0 rings (SSSR count). The van der Waals surface area contributed by atoms with Crippen molar-refractivity contribution in [3.05, 3.63) is 0 Å². The maximum absolute atomic E-state index is 11.8. The van der Waals surface area contributed by atoms with Crippen LogP contribution in [0.25, 0.3) is 0 Å². The third kappa shape index (κ3) is 3.80. The van der Waals surface area contributed by atoms with Crippen LogP contribution < -0.4 is 5.73 Å². The molecule has 80 valence electrons. The molecule has 0 aliphatic rings. The van der Waals surface area contributed by atoms with E-state index in [0.717, 1.165) is 6.42 Å². The Hall–Kier alpha value is -1.01. The number of amides is 1. The van der Waals surface area contributed by atoms with Gasteiger partial charge in [-0.25, -0.2) is 0 Å². The summed E-state index contributed by atoms with van der Waals surface area (Å²) < 4.78 is 0. The molecule has 2 atom stereocenters. The van der Waals surface area contributed by atoms with Crippen molar-refractivity contribution in [1.82, 2.24) is 4.90 Å². The molecule has 0 aromatic rings. The van der Waals surface area contributed by atoms with Gasteiger partial charge in [-0.3, -0.25) is 4.79 Å². The molecular weight excluding hydrogens is 176 g/mol. The highest BCUT2D eigenvalue weighted by molar-refractivity contribution is 5.79. The van der Waals surface area contributed by atoms with Crippen LogP contribution in [0.5, 0.6) is 0 Å². The maximum atomic E-state index is 11.8. The van der Waals surface area contributed by atoms with E-state index in [2.05, 4.69) is 5.92 Å². The largest absolute Gasteiger partial charge is 0.331 e. The second kappa shape index (κ2) is 6.44. The summed E-state index contributed by atoms with van der Waals surface area (Å²) in [6.45, 7) is 6.78. The molecule has 0 aromatic carbocycles. The van der Waals surface area contributed by atoms with Gasteiger partial charge in [-0.05, 0) is 13.3 Å². The molecule has 0 saturated heterocycles. The van der Waals surface area contributed by atoms with Crippen LogP contribution in [0.2, 0.25) is 0 Å². The number of terminal acetylenes is 1. The molecule has 0 aliphatic carbocycles. The zero-order valence-corrected chi connectivity index (χ0v) is 9.29. The standard InChI is InChI=1S/C11H20N2O/c1-5-7-13(8-6-2)11(14)9(3)10(4)12/h1,9-10H,6-8,12H2,2-4H3. The number of carbonyl (C=O) groups excluding carboxylic acids is 1. The van der Waals surface area contributed by atoms with Crippen LogP contribution >= 0.6 is 0 Å². The van der Waals surface area contributed by atoms with E-state index >= 15 is 0 Å². The number of hydrogen-bond donors (Lipinski definition) is 1. The summed E-state index contributed by atoms with van der Waals surface area (Å²) in [7, 11) is 0. The molecule has 1 amide bonds. The Balaban J connectivity index is 4.36. The normalized spacial score (nSPS) is 14.2. The van der Waals surface area contributed by atoms with E-state index in [1.807, 2.05) is 20.8 Å². The second-order valence-electron chi connectivity index (χ2n) is 3.61. The van der Waals surface area contributed by atoms with E-state index in [1.54, 1.807) is 4.90 Å². The van der Waals surface area contributed by atoms with Crippen LogP contribution in [0.1, 0.15) is 27.2 Å². The van der Waals surface area contributed by atoms with Crippen molar-refractivity contribution in [2.45, 2.75) is 33.2 Å². The molecule has 14 heavy (non-hydrogen) atoms. The first-order valence-corrected chi connectivity index (χ1v) is 5.02. The van der Waals surface area contributed by atoms with E-state index in [9.17, 15) is 4.79 Å². The molecule has 0 bridgehead atoms. The average molecular weight is 196 g/mol. The van der Waals surface area contributed by atoms with Gasteiger partial charge in [-0.1, -0.05) is 19.8 Å². The van der Waals surface area contributed by atoms with Crippen molar-refractivity contribution in [3.8, 4) is 12.3 Å². The number of nitrogens with zero attached hydrogens (tertiary/aromatic N) is 1. The summed E-state index contributed by atoms with van der Waals surface area (Å²) in [5.74, 6) is 2.39. The van der Waals surface area contributed by atoms with Gasteiger partial charge < -0.3 is 10.6 Å². The van der Waals surface area contributed by atoms with Gasteiger partial charge in [0, 0.05) is 12.6 Å². The minimum Gasteiger partial charge on any atom is -0.331 e. The topological polar surface area (TPSA) is 46.3 Å². The fourth-order valence-corrected chi connectivity index (χ4v) is 1.16. The molecule has 0 spiro atoms. The van der Waals surface area contributed by atoms with E-state index in [4.69, 9.17) is 12.2 Å². The smallest absolute Gasteiger partial charge is 0.227 e. The minimum atomic E-state index is -0.158. The minimum absolute atomic E-state index is 0.0554. The zero-order chi connectivity index (χ0) is 11.1. The first kappa shape index (κ1) is 13.0. The van der Waals surface area contributed by atoms with Gasteiger partial charge in [0.25, 0.3) is 0 Å². The molecular formula is C11H20N2O. The zero-order valence-electron chi connectivity index (χ0n) is 9.29. The van der Waals surface area contributed by atoms with Crippen molar-refractivity contribution in [1.29, 1.82) is 0 Å². The van der Waals surface area contributed by atoms with Crippen molar-refractivity contribution in [3.63, 3.8) is 0 Å². The molecule has 0 saturated carbocycles. The van der Waals surface area contributed by atoms with Crippen LogP contribution in [-0.4, -0.2) is 29.9 Å². The Bertz CT molecular complexity index is 218. The molecule has 3 nitrogen and oxygen atoms in total. The lowest BCUT2D eigenvalue weighted by molar-refractivity contribution is -0.134. The molecule has 3 heteroatoms. The van der Waals surface area contributed by atoms with Crippen molar-refractivity contribution < 1.29 is 4.79 Å². The van der Waals surface area contributed by atoms with Crippen molar-refractivity contribution in [2.75, 3.05) is 13.1 Å². The summed E-state index contributed by atoms with van der Waals surface area (Å²) in [5.41, 5.74) is 5.67. The van der Waals surface area contributed by atoms with Gasteiger partial charge in [-0.2, -0.15) is 0 Å². The fourth-order valence-electron chi connectivity index (χ4n) is 1.16. The summed E-state index contributed by atoms with van der Waals surface area (Å²) in [6.07, 6.45) is 6.11. The average Bonchev–Trinajstić information content (AvgIpc) is 2.15. The summed E-state index contributed by atoms with van der Waals surface area (Å²) in [6, 6.07) is -0.125. The second-order valence-corrected chi connectivity index (χ2v) is 3.61. The molecule has 0 aromatic heterocycles. The lowest BCUT2D eigenvalue weighted by Gasteiger charge is -2.25. The van der Waals surface area contributed by atoms with Gasteiger partial charge in [0.15, 0.2) is 0 Å². The number of carbonyl (C=O) groups is 1. The monoisotopic (exact) mass is 196 g/mol. The van der Waals surface area contributed by atoms with Crippen molar-refractivity contribution >= 4 is 5.91 Å². The third-order valence-corrected chi connectivity index (χ3v) is 2.27. The summed E-state index contributed by atoms with van der Waals surface area (Å²) >= 11 is 0. The first-order valence-electron chi connectivity index (χ1n) is 5.02. The van der Waals surface area contributed by atoms with Crippen LogP contribution in [0.15, 0.2) is 0 Å². The van der Waals surface area contributed by atoms with Crippen LogP contribution in [0, 0.1) is 18.3 Å². The van der Waals surface area contributed by atoms with Gasteiger partial charge in [0.1, 0.15) is 0 Å². The van der Waals surface area contributed by atoms with Gasteiger partial charge in [0.2, 0.25) is 5.91 Å². The van der Waals surface area contributed by atoms with Crippen LogP contribution in [0.4, 0.5) is 0 Å². The predicted molar refractivity (Wildman–Crippen MR) is 58.5 cm³/mol. The van der Waals surface area contributed by atoms with Gasteiger partial charge in [-0.15, -0.1) is 6.42 Å². The molecule has 0 fully saturated rings. The Morgan fingerprint density at radius 2 is 2.14 bits per heavy atom. The van der Waals surface area contributed by atoms with Crippen LogP contribution in [-0.2, 0) is 4.79 Å². The number of nitrogens with two attached hydrogens (primary N) is 1. The lowest BCUT2D eigenvalue weighted by Crippen LogP contribution is -2.42. The Kier molecular flexibility index (Phi) is 5.98. The molecule has 2 unspecified atom stereocenters. The third-order valence-electron chi connectivity index (χ3n) is 2.27. The van der Waals surface area contributed by atoms with E-state index in [0.29, 0.717) is 13.1 Å². The number of hydrogen-bond acceptors (Lipinski definition) is 2. The lowest BCUT2D eigenvalue weighted by atomic mass is 10.0. The summed E-state index contributed by atoms with van der Waals surface area (Å²) in [4.78, 5) is 13.5. The molecule has 0 radical (unpaired) electrons. The first-order chi connectivity index (χ1) is 6.54.